The van der Waals surface area contributed by atoms with E-state index in [0.29, 0.717) is 44.3 Å². The molecule has 1 N–H and O–H groups in total. The molecule has 0 aromatic heterocycles. The van der Waals surface area contributed by atoms with Gasteiger partial charge in [0.15, 0.2) is 0 Å². The highest BCUT2D eigenvalue weighted by molar-refractivity contribution is 5.98. The molecule has 2 saturated heterocycles. The van der Waals surface area contributed by atoms with E-state index in [9.17, 15) is 18.8 Å². The van der Waals surface area contributed by atoms with Crippen molar-refractivity contribution in [3.8, 4) is 0 Å². The second-order valence-corrected chi connectivity index (χ2v) is 7.57. The van der Waals surface area contributed by atoms with Crippen molar-refractivity contribution in [2.24, 2.45) is 5.41 Å². The lowest BCUT2D eigenvalue weighted by Gasteiger charge is -2.44. The number of amides is 3. The number of halogens is 1. The summed E-state index contributed by atoms with van der Waals surface area (Å²) in [6, 6.07) is 5.54. The number of imide groups is 1. The molecule has 0 saturated carbocycles. The fraction of sp³-hybridized carbons (Fsp3) is 0.526. The van der Waals surface area contributed by atoms with E-state index >= 15 is 0 Å². The Hall–Kier alpha value is -2.28. The van der Waals surface area contributed by atoms with E-state index in [1.165, 1.54) is 12.1 Å². The lowest BCUT2D eigenvalue weighted by atomic mass is 9.71. The van der Waals surface area contributed by atoms with Gasteiger partial charge in [0, 0.05) is 25.9 Å². The quantitative estimate of drug-likeness (QED) is 0.828. The van der Waals surface area contributed by atoms with Crippen molar-refractivity contribution in [2.75, 3.05) is 27.2 Å². The van der Waals surface area contributed by atoms with Gasteiger partial charge in [-0.2, -0.15) is 0 Å². The van der Waals surface area contributed by atoms with Gasteiger partial charge in [0.25, 0.3) is 0 Å². The molecule has 140 valence electrons. The minimum absolute atomic E-state index is 0.0814. The molecular weight excluding hydrogens is 337 g/mol. The molecule has 3 amide bonds. The molecule has 0 aliphatic carbocycles. The SMILES string of the molecule is CN(C)[C@@H](C(=O)N1CCC2(CC1)CC(=O)NC(=O)C2)c1cccc(F)c1. The number of carbonyl (C=O) groups is 3. The molecule has 0 unspecified atom stereocenters. The van der Waals surface area contributed by atoms with Crippen LogP contribution in [-0.2, 0) is 14.4 Å². The van der Waals surface area contributed by atoms with Gasteiger partial charge in [-0.05, 0) is 50.0 Å². The van der Waals surface area contributed by atoms with Crippen LogP contribution in [0.5, 0.6) is 0 Å². The zero-order valence-corrected chi connectivity index (χ0v) is 15.1. The van der Waals surface area contributed by atoms with Crippen molar-refractivity contribution in [2.45, 2.75) is 31.7 Å². The third-order valence-corrected chi connectivity index (χ3v) is 5.40. The largest absolute Gasteiger partial charge is 0.341 e. The van der Waals surface area contributed by atoms with Gasteiger partial charge in [-0.15, -0.1) is 0 Å². The molecule has 7 heteroatoms. The predicted octanol–water partition coefficient (Wildman–Crippen LogP) is 1.47. The summed E-state index contributed by atoms with van der Waals surface area (Å²) in [5.74, 6) is -0.910. The van der Waals surface area contributed by atoms with Crippen molar-refractivity contribution in [3.63, 3.8) is 0 Å². The number of piperidine rings is 2. The maximum atomic E-state index is 13.6. The number of likely N-dealkylation sites (tertiary alicyclic amines) is 1. The van der Waals surface area contributed by atoms with Crippen molar-refractivity contribution < 1.29 is 18.8 Å². The van der Waals surface area contributed by atoms with Crippen LogP contribution in [0.2, 0.25) is 0 Å². The molecule has 1 aromatic carbocycles. The Labute approximate surface area is 152 Å². The molecular formula is C19H24FN3O3. The normalized spacial score (nSPS) is 21.0. The Morgan fingerprint density at radius 1 is 1.19 bits per heavy atom. The Kier molecular flexibility index (Phi) is 5.09. The first kappa shape index (κ1) is 18.5. The highest BCUT2D eigenvalue weighted by Crippen LogP contribution is 2.40. The number of hydrogen-bond acceptors (Lipinski definition) is 4. The van der Waals surface area contributed by atoms with Gasteiger partial charge in [0.2, 0.25) is 17.7 Å². The highest BCUT2D eigenvalue weighted by atomic mass is 19.1. The first-order chi connectivity index (χ1) is 12.3. The minimum atomic E-state index is -0.559. The summed E-state index contributed by atoms with van der Waals surface area (Å²) in [4.78, 5) is 40.0. The van der Waals surface area contributed by atoms with Gasteiger partial charge in [-0.25, -0.2) is 4.39 Å². The van der Waals surface area contributed by atoms with E-state index in [2.05, 4.69) is 5.32 Å². The fourth-order valence-corrected chi connectivity index (χ4v) is 4.05. The van der Waals surface area contributed by atoms with Gasteiger partial charge < -0.3 is 4.90 Å². The van der Waals surface area contributed by atoms with Gasteiger partial charge in [0.05, 0.1) is 0 Å². The van der Waals surface area contributed by atoms with Crippen LogP contribution < -0.4 is 5.32 Å². The molecule has 6 nitrogen and oxygen atoms in total. The molecule has 1 aromatic rings. The number of rotatable bonds is 3. The third kappa shape index (κ3) is 3.77. The molecule has 0 bridgehead atoms. The van der Waals surface area contributed by atoms with Crippen LogP contribution >= 0.6 is 0 Å². The summed E-state index contributed by atoms with van der Waals surface area (Å²) in [7, 11) is 3.59. The standard InChI is InChI=1S/C19H24FN3O3/c1-22(2)17(13-4-3-5-14(20)10-13)18(26)23-8-6-19(7-9-23)11-15(24)21-16(25)12-19/h3-5,10,17H,6-9,11-12H2,1-2H3,(H,21,24,25)/t17-/m1/s1. The van der Waals surface area contributed by atoms with Crippen LogP contribution in [0.25, 0.3) is 0 Å². The Balaban J connectivity index is 1.72. The molecule has 0 radical (unpaired) electrons. The van der Waals surface area contributed by atoms with E-state index in [-0.39, 0.29) is 29.0 Å². The minimum Gasteiger partial charge on any atom is -0.341 e. The maximum Gasteiger partial charge on any atom is 0.244 e. The molecule has 3 rings (SSSR count). The second kappa shape index (κ2) is 7.15. The summed E-state index contributed by atoms with van der Waals surface area (Å²) >= 11 is 0. The zero-order chi connectivity index (χ0) is 18.9. The number of nitrogens with one attached hydrogen (secondary N) is 1. The van der Waals surface area contributed by atoms with Gasteiger partial charge in [0.1, 0.15) is 11.9 Å². The molecule has 1 spiro atoms. The lowest BCUT2D eigenvalue weighted by molar-refractivity contribution is -0.143. The Morgan fingerprint density at radius 3 is 2.35 bits per heavy atom. The molecule has 1 atom stereocenters. The van der Waals surface area contributed by atoms with Gasteiger partial charge in [-0.3, -0.25) is 24.6 Å². The molecule has 2 aliphatic heterocycles. The summed E-state index contributed by atoms with van der Waals surface area (Å²) in [5.41, 5.74) is 0.287. The fourth-order valence-electron chi connectivity index (χ4n) is 4.05. The Morgan fingerprint density at radius 2 is 1.81 bits per heavy atom. The average Bonchev–Trinajstić information content (AvgIpc) is 2.54. The van der Waals surface area contributed by atoms with Crippen LogP contribution in [0.15, 0.2) is 24.3 Å². The van der Waals surface area contributed by atoms with Crippen LogP contribution in [0, 0.1) is 11.2 Å². The summed E-state index contributed by atoms with van der Waals surface area (Å²) in [6.45, 7) is 0.998. The van der Waals surface area contributed by atoms with E-state index in [4.69, 9.17) is 0 Å². The van der Waals surface area contributed by atoms with Crippen molar-refractivity contribution in [1.82, 2.24) is 15.1 Å². The van der Waals surface area contributed by atoms with Crippen LogP contribution in [0.1, 0.15) is 37.3 Å². The summed E-state index contributed by atoms with van der Waals surface area (Å²) in [6.07, 6.45) is 1.92. The van der Waals surface area contributed by atoms with E-state index in [1.54, 1.807) is 36.0 Å². The molecule has 2 aliphatic rings. The maximum absolute atomic E-state index is 13.6. The highest BCUT2D eigenvalue weighted by Gasteiger charge is 2.43. The monoisotopic (exact) mass is 361 g/mol. The average molecular weight is 361 g/mol. The predicted molar refractivity (Wildman–Crippen MR) is 93.5 cm³/mol. The summed E-state index contributed by atoms with van der Waals surface area (Å²) < 4.78 is 13.6. The van der Waals surface area contributed by atoms with E-state index in [0.717, 1.165) is 0 Å². The number of carbonyl (C=O) groups excluding carboxylic acids is 3. The van der Waals surface area contributed by atoms with Gasteiger partial charge >= 0.3 is 0 Å². The van der Waals surface area contributed by atoms with E-state index < -0.39 is 6.04 Å². The molecule has 26 heavy (non-hydrogen) atoms. The number of nitrogens with zero attached hydrogens (tertiary/aromatic N) is 2. The zero-order valence-electron chi connectivity index (χ0n) is 15.1. The van der Waals surface area contributed by atoms with Gasteiger partial charge in [-0.1, -0.05) is 12.1 Å². The van der Waals surface area contributed by atoms with E-state index in [1.807, 2.05) is 0 Å². The Bertz CT molecular complexity index is 708. The molecule has 2 fully saturated rings. The number of benzene rings is 1. The first-order valence-electron chi connectivity index (χ1n) is 8.83. The van der Waals surface area contributed by atoms with Crippen LogP contribution in [-0.4, -0.2) is 54.7 Å². The third-order valence-electron chi connectivity index (χ3n) is 5.40. The smallest absolute Gasteiger partial charge is 0.244 e. The van der Waals surface area contributed by atoms with Crippen molar-refractivity contribution in [3.05, 3.63) is 35.6 Å². The van der Waals surface area contributed by atoms with Crippen molar-refractivity contribution >= 4 is 17.7 Å². The summed E-state index contributed by atoms with van der Waals surface area (Å²) in [5, 5.41) is 2.34. The first-order valence-corrected chi connectivity index (χ1v) is 8.83. The van der Waals surface area contributed by atoms with Crippen molar-refractivity contribution in [1.29, 1.82) is 0 Å². The molecule has 2 heterocycles. The lowest BCUT2D eigenvalue weighted by Crippen LogP contribution is -2.52. The number of hydrogen-bond donors (Lipinski definition) is 1. The number of likely N-dealkylation sites (N-methyl/N-ethyl adjacent to an activating group) is 1. The topological polar surface area (TPSA) is 69.7 Å². The van der Waals surface area contributed by atoms with Crippen LogP contribution in [0.3, 0.4) is 0 Å². The second-order valence-electron chi connectivity index (χ2n) is 7.57. The van der Waals surface area contributed by atoms with Crippen LogP contribution in [0.4, 0.5) is 4.39 Å².